The van der Waals surface area contributed by atoms with E-state index in [4.69, 9.17) is 19.9 Å². The number of methoxy groups -OCH3 is 2. The topological polar surface area (TPSA) is 74.0 Å². The summed E-state index contributed by atoms with van der Waals surface area (Å²) in [4.78, 5) is 13.5. The minimum absolute atomic E-state index is 0.312. The van der Waals surface area contributed by atoms with Crippen LogP contribution in [0.15, 0.2) is 18.2 Å². The Morgan fingerprint density at radius 1 is 1.40 bits per heavy atom. The maximum atomic E-state index is 11.8. The van der Waals surface area contributed by atoms with E-state index < -0.39 is 0 Å². The summed E-state index contributed by atoms with van der Waals surface area (Å²) in [6, 6.07) is 5.46. The lowest BCUT2D eigenvalue weighted by molar-refractivity contribution is 0.131. The minimum atomic E-state index is -0.342. The van der Waals surface area contributed by atoms with Crippen molar-refractivity contribution in [3.8, 4) is 11.5 Å². The summed E-state index contributed by atoms with van der Waals surface area (Å²) >= 11 is 0. The van der Waals surface area contributed by atoms with Crippen molar-refractivity contribution in [3.05, 3.63) is 23.8 Å². The van der Waals surface area contributed by atoms with E-state index in [0.29, 0.717) is 31.1 Å². The minimum Gasteiger partial charge on any atom is -0.497 e. The summed E-state index contributed by atoms with van der Waals surface area (Å²) in [5.41, 5.74) is 6.28. The van der Waals surface area contributed by atoms with Crippen molar-refractivity contribution in [2.24, 2.45) is 5.73 Å². The number of nitrogens with zero attached hydrogens (tertiary/aromatic N) is 1. The number of hydrogen-bond donors (Lipinski definition) is 1. The average molecular weight is 280 g/mol. The van der Waals surface area contributed by atoms with Crippen LogP contribution in [-0.2, 0) is 4.74 Å². The summed E-state index contributed by atoms with van der Waals surface area (Å²) in [5.74, 6) is 1.39. The van der Waals surface area contributed by atoms with Crippen LogP contribution in [-0.4, -0.2) is 44.8 Å². The standard InChI is InChI=1S/C14H20N2O4/c1-18-10-4-5-12(19-2)11(8-10)13-9-16(7-3-6-15)14(17)20-13/h4-5,8,13H,3,6-7,9,15H2,1-2H3. The Morgan fingerprint density at radius 3 is 2.85 bits per heavy atom. The highest BCUT2D eigenvalue weighted by Gasteiger charge is 2.33. The van der Waals surface area contributed by atoms with E-state index in [1.54, 1.807) is 19.1 Å². The summed E-state index contributed by atoms with van der Waals surface area (Å²) in [6.45, 7) is 1.66. The van der Waals surface area contributed by atoms with Gasteiger partial charge in [-0.3, -0.25) is 0 Å². The van der Waals surface area contributed by atoms with Crippen molar-refractivity contribution in [2.45, 2.75) is 12.5 Å². The second kappa shape index (κ2) is 6.47. The molecule has 0 aliphatic carbocycles. The van der Waals surface area contributed by atoms with E-state index in [1.807, 2.05) is 18.2 Å². The quantitative estimate of drug-likeness (QED) is 0.855. The fourth-order valence-electron chi connectivity index (χ4n) is 2.23. The first-order chi connectivity index (χ1) is 9.69. The zero-order valence-corrected chi connectivity index (χ0v) is 11.8. The van der Waals surface area contributed by atoms with Gasteiger partial charge in [0.05, 0.1) is 20.8 Å². The van der Waals surface area contributed by atoms with Gasteiger partial charge in [-0.25, -0.2) is 4.79 Å². The Labute approximate surface area is 118 Å². The first-order valence-electron chi connectivity index (χ1n) is 6.57. The summed E-state index contributed by atoms with van der Waals surface area (Å²) in [5, 5.41) is 0. The molecule has 0 aromatic heterocycles. The Hall–Kier alpha value is -1.95. The van der Waals surface area contributed by atoms with Crippen LogP contribution in [0.4, 0.5) is 4.79 Å². The highest BCUT2D eigenvalue weighted by Crippen LogP contribution is 2.35. The molecule has 6 nitrogen and oxygen atoms in total. The van der Waals surface area contributed by atoms with E-state index >= 15 is 0 Å². The van der Waals surface area contributed by atoms with Crippen LogP contribution >= 0.6 is 0 Å². The lowest BCUT2D eigenvalue weighted by Gasteiger charge is -2.15. The van der Waals surface area contributed by atoms with Gasteiger partial charge in [0.1, 0.15) is 11.5 Å². The highest BCUT2D eigenvalue weighted by atomic mass is 16.6. The fraction of sp³-hybridized carbons (Fsp3) is 0.500. The van der Waals surface area contributed by atoms with Gasteiger partial charge < -0.3 is 24.8 Å². The average Bonchev–Trinajstić information content (AvgIpc) is 2.85. The largest absolute Gasteiger partial charge is 0.497 e. The Morgan fingerprint density at radius 2 is 2.20 bits per heavy atom. The number of carbonyl (C=O) groups is 1. The molecule has 1 atom stereocenters. The maximum absolute atomic E-state index is 11.8. The van der Waals surface area contributed by atoms with Gasteiger partial charge >= 0.3 is 6.09 Å². The van der Waals surface area contributed by atoms with Crippen molar-refractivity contribution in [1.82, 2.24) is 4.90 Å². The first kappa shape index (κ1) is 14.5. The maximum Gasteiger partial charge on any atom is 0.410 e. The van der Waals surface area contributed by atoms with Crippen LogP contribution in [0.25, 0.3) is 0 Å². The van der Waals surface area contributed by atoms with E-state index in [-0.39, 0.29) is 12.2 Å². The molecule has 0 radical (unpaired) electrons. The Bertz CT molecular complexity index is 478. The third-order valence-electron chi connectivity index (χ3n) is 3.30. The van der Waals surface area contributed by atoms with E-state index in [0.717, 1.165) is 12.0 Å². The molecule has 1 aromatic carbocycles. The molecule has 0 saturated carbocycles. The van der Waals surface area contributed by atoms with Crippen LogP contribution < -0.4 is 15.2 Å². The molecule has 1 fully saturated rings. The lowest BCUT2D eigenvalue weighted by atomic mass is 10.1. The van der Waals surface area contributed by atoms with Crippen molar-refractivity contribution >= 4 is 6.09 Å². The third-order valence-corrected chi connectivity index (χ3v) is 3.30. The molecular weight excluding hydrogens is 260 g/mol. The number of benzene rings is 1. The van der Waals surface area contributed by atoms with Gasteiger partial charge in [0.2, 0.25) is 0 Å². The summed E-state index contributed by atoms with van der Waals surface area (Å²) in [7, 11) is 3.19. The predicted octanol–water partition coefficient (Wildman–Crippen LogP) is 1.55. The van der Waals surface area contributed by atoms with Crippen LogP contribution in [0.3, 0.4) is 0 Å². The summed E-state index contributed by atoms with van der Waals surface area (Å²) < 4.78 is 15.9. The summed E-state index contributed by atoms with van der Waals surface area (Å²) in [6.07, 6.45) is 0.107. The zero-order valence-electron chi connectivity index (χ0n) is 11.8. The van der Waals surface area contributed by atoms with Crippen molar-refractivity contribution in [2.75, 3.05) is 33.9 Å². The molecule has 6 heteroatoms. The third kappa shape index (κ3) is 2.96. The molecular formula is C14H20N2O4. The number of rotatable bonds is 6. The Kier molecular flexibility index (Phi) is 4.68. The van der Waals surface area contributed by atoms with Gasteiger partial charge in [-0.05, 0) is 31.2 Å². The van der Waals surface area contributed by atoms with Crippen molar-refractivity contribution in [1.29, 1.82) is 0 Å². The molecule has 2 N–H and O–H groups in total. The predicted molar refractivity (Wildman–Crippen MR) is 74.0 cm³/mol. The molecule has 2 rings (SSSR count). The SMILES string of the molecule is COc1ccc(OC)c(C2CN(CCCN)C(=O)O2)c1. The molecule has 1 unspecified atom stereocenters. The smallest absolute Gasteiger partial charge is 0.410 e. The van der Waals surface area contributed by atoms with Crippen molar-refractivity contribution in [3.63, 3.8) is 0 Å². The second-order valence-electron chi connectivity index (χ2n) is 4.57. The zero-order chi connectivity index (χ0) is 14.5. The van der Waals surface area contributed by atoms with E-state index in [9.17, 15) is 4.79 Å². The van der Waals surface area contributed by atoms with Crippen LogP contribution in [0, 0.1) is 0 Å². The molecule has 110 valence electrons. The highest BCUT2D eigenvalue weighted by molar-refractivity contribution is 5.70. The van der Waals surface area contributed by atoms with Gasteiger partial charge in [-0.1, -0.05) is 0 Å². The number of hydrogen-bond acceptors (Lipinski definition) is 5. The molecule has 20 heavy (non-hydrogen) atoms. The molecule has 1 aliphatic rings. The van der Waals surface area contributed by atoms with E-state index in [1.165, 1.54) is 0 Å². The number of ether oxygens (including phenoxy) is 3. The molecule has 1 aromatic rings. The normalized spacial score (nSPS) is 18.1. The molecule has 0 spiro atoms. The molecule has 1 aliphatic heterocycles. The van der Waals surface area contributed by atoms with Gasteiger partial charge in [-0.15, -0.1) is 0 Å². The number of nitrogens with two attached hydrogens (primary N) is 1. The van der Waals surface area contributed by atoms with Crippen molar-refractivity contribution < 1.29 is 19.0 Å². The number of amides is 1. The monoisotopic (exact) mass is 280 g/mol. The number of cyclic esters (lactones) is 1. The lowest BCUT2D eigenvalue weighted by Crippen LogP contribution is -2.27. The van der Waals surface area contributed by atoms with Gasteiger partial charge in [0, 0.05) is 12.1 Å². The molecule has 1 heterocycles. The van der Waals surface area contributed by atoms with Crippen LogP contribution in [0.5, 0.6) is 11.5 Å². The molecule has 1 saturated heterocycles. The number of carbonyl (C=O) groups excluding carboxylic acids is 1. The van der Waals surface area contributed by atoms with Crippen LogP contribution in [0.2, 0.25) is 0 Å². The first-order valence-corrected chi connectivity index (χ1v) is 6.57. The van der Waals surface area contributed by atoms with Crippen LogP contribution in [0.1, 0.15) is 18.1 Å². The molecule has 0 bridgehead atoms. The molecule has 1 amide bonds. The van der Waals surface area contributed by atoms with E-state index in [2.05, 4.69) is 0 Å². The van der Waals surface area contributed by atoms with Gasteiger partial charge in [0.15, 0.2) is 6.10 Å². The van der Waals surface area contributed by atoms with Gasteiger partial charge in [-0.2, -0.15) is 0 Å². The Balaban J connectivity index is 2.17. The fourth-order valence-corrected chi connectivity index (χ4v) is 2.23. The second-order valence-corrected chi connectivity index (χ2v) is 4.57. The van der Waals surface area contributed by atoms with Gasteiger partial charge in [0.25, 0.3) is 0 Å².